The summed E-state index contributed by atoms with van der Waals surface area (Å²) in [7, 11) is 0. The molecule has 0 amide bonds. The number of rotatable bonds is 19. The minimum atomic E-state index is -2.46. The lowest BCUT2D eigenvalue weighted by Gasteiger charge is -2.17. The van der Waals surface area contributed by atoms with Gasteiger partial charge in [0.2, 0.25) is 5.82 Å². The fraction of sp³-hybridized carbons (Fsp3) is 0.165. The van der Waals surface area contributed by atoms with Crippen molar-refractivity contribution in [3.8, 4) is 23.0 Å². The van der Waals surface area contributed by atoms with E-state index in [9.17, 15) is 79.5 Å². The molecule has 0 atom stereocenters. The summed E-state index contributed by atoms with van der Waals surface area (Å²) >= 11 is 0. The molecule has 4 aromatic heterocycles. The van der Waals surface area contributed by atoms with Crippen LogP contribution in [0.2, 0.25) is 0 Å². The van der Waals surface area contributed by atoms with Crippen LogP contribution in [0.15, 0.2) is 252 Å². The van der Waals surface area contributed by atoms with E-state index in [1.165, 1.54) is 13.0 Å². The Morgan fingerprint density at radius 2 is 0.608 bits per heavy atom. The largest absolute Gasteiger partial charge is 0.432 e. The second-order valence-corrected chi connectivity index (χ2v) is 35.4. The van der Waals surface area contributed by atoms with Gasteiger partial charge < -0.3 is 56.6 Å². The molecule has 0 N–H and O–H groups in total. The molecule has 0 radical (unpaired) electrons. The third-order valence-electron chi connectivity index (χ3n) is 26.8. The molecule has 1 saturated carbocycles. The van der Waals surface area contributed by atoms with Crippen molar-refractivity contribution in [2.24, 2.45) is 26.5 Å². The number of carbonyl (C=O) groups excluding carboxylic acids is 12. The predicted molar refractivity (Wildman–Crippen MR) is 541 cm³/mol. The van der Waals surface area contributed by atoms with Crippen molar-refractivity contribution in [1.82, 2.24) is 18.3 Å². The standard InChI is InChI=1S/C31H17F5N2O5.C31H28N2O5.C27H20N2O5.C26H20N2O5/c1-3-38-18-10-8-14(27(39)15-7-5-4-6-13(15)2)12-17(18)20-19(38)11-9-16-28(40)30(42-29(16)20)37-43-31(41)21-22(32)24(34)26(36)25(35)23(21)33;1-3-33-24-15-13-20(27(34)21-12-8-7-9-18(21)2)17-23(24)26-25(33)16-14-22-28(35)30(37-29(22)26)32-38-31(36)19-10-5-4-6-11-19;1-4-22(30)34-28-27-25(32)18-11-13-21-23(26(18)33-27)19-14-16(10-12-20(19)29(21)5-2)24(31)17-9-7-6-8-15(17)3;1-4-28-20-11-9-16(23(30)17-8-6-5-7-14(17)2)13-19(20)22-21(28)12-10-18-24(31)26(32-25(18)22)27-33-15(3)29/h4-12H,3H2,1-2H3;7-9,12-17,19H,3-6,10-11H2,1-2H3;4,6-14H,1,5H2,2-3H3;5-13H,4H2,1-3H3/b37-30-;32-30-;28-27-;27-26-. The summed E-state index contributed by atoms with van der Waals surface area (Å²) in [4.78, 5) is 171. The number of halogens is 5. The molecule has 0 bridgehead atoms. The minimum Gasteiger partial charge on any atom is -0.432 e. The van der Waals surface area contributed by atoms with Crippen molar-refractivity contribution in [1.29, 1.82) is 0 Å². The van der Waals surface area contributed by atoms with E-state index in [0.29, 0.717) is 132 Å². The third-order valence-corrected chi connectivity index (χ3v) is 26.8. The molecule has 148 heavy (non-hydrogen) atoms. The van der Waals surface area contributed by atoms with Gasteiger partial charge in [0.15, 0.2) is 69.4 Å². The molecule has 22 rings (SSSR count). The zero-order valence-corrected chi connectivity index (χ0v) is 80.6. The van der Waals surface area contributed by atoms with Crippen molar-refractivity contribution < 1.29 is 118 Å². The van der Waals surface area contributed by atoms with Gasteiger partial charge >= 0.3 is 47.5 Å². The first kappa shape index (κ1) is 98.4. The van der Waals surface area contributed by atoms with Gasteiger partial charge in [-0.15, -0.1) is 0 Å². The van der Waals surface area contributed by atoms with Crippen molar-refractivity contribution in [2.45, 2.75) is 121 Å². The maximum absolute atomic E-state index is 14.0. The van der Waals surface area contributed by atoms with Crippen LogP contribution in [0.4, 0.5) is 22.0 Å². The number of benzene rings is 13. The number of aromatic nitrogens is 4. The predicted octanol–water partition coefficient (Wildman–Crippen LogP) is 22.9. The summed E-state index contributed by atoms with van der Waals surface area (Å²) < 4.78 is 99.9. The van der Waals surface area contributed by atoms with Crippen LogP contribution in [0, 0.1) is 62.7 Å². The zero-order chi connectivity index (χ0) is 104. The van der Waals surface area contributed by atoms with Crippen LogP contribution in [-0.2, 0) is 59.9 Å². The Kier molecular flexibility index (Phi) is 26.6. The molecule has 8 heterocycles. The number of ether oxygens (including phenoxy) is 4. The second-order valence-electron chi connectivity index (χ2n) is 35.4. The maximum atomic E-state index is 14.0. The highest BCUT2D eigenvalue weighted by Crippen LogP contribution is 2.48. The number of aryl methyl sites for hydroxylation is 8. The highest BCUT2D eigenvalue weighted by atomic mass is 19.2. The lowest BCUT2D eigenvalue weighted by atomic mass is 9.89. The summed E-state index contributed by atoms with van der Waals surface area (Å²) in [6.07, 6.45) is 5.60. The quantitative estimate of drug-likeness (QED) is 0.0138. The molecule has 0 saturated heterocycles. The first-order chi connectivity index (χ1) is 71.4. The Hall–Kier alpha value is -18.4. The molecule has 1 fully saturated rings. The molecular formula is C115H85F5N8O20. The first-order valence-corrected chi connectivity index (χ1v) is 47.3. The molecular weight excluding hydrogens is 1910 g/mol. The van der Waals surface area contributed by atoms with Crippen LogP contribution in [0.3, 0.4) is 0 Å². The highest BCUT2D eigenvalue weighted by molar-refractivity contribution is 6.50. The normalized spacial score (nSPS) is 14.5. The zero-order valence-electron chi connectivity index (χ0n) is 80.6. The number of oxime groups is 4. The second kappa shape index (κ2) is 40.0. The van der Waals surface area contributed by atoms with E-state index in [1.807, 2.05) is 218 Å². The number of ketones is 8. The molecule has 28 nitrogen and oxygen atoms in total. The number of Topliss-reactive ketones (excluding diaryl/α,β-unsaturated/α-hetero) is 4. The van der Waals surface area contributed by atoms with Crippen LogP contribution in [0.5, 0.6) is 23.0 Å². The monoisotopic (exact) mass is 1990 g/mol. The number of fused-ring (bicyclic) bond motifs is 20. The average molecular weight is 1990 g/mol. The van der Waals surface area contributed by atoms with Gasteiger partial charge in [0.05, 0.1) is 71.8 Å². The Bertz CT molecular complexity index is 8860. The van der Waals surface area contributed by atoms with E-state index in [-0.39, 0.29) is 58.1 Å². The van der Waals surface area contributed by atoms with Gasteiger partial charge in [-0.25, -0.2) is 41.1 Å². The fourth-order valence-electron chi connectivity index (χ4n) is 19.5. The third kappa shape index (κ3) is 17.3. The van der Waals surface area contributed by atoms with Crippen molar-refractivity contribution in [3.63, 3.8) is 0 Å². The van der Waals surface area contributed by atoms with Gasteiger partial charge in [-0.3, -0.25) is 38.4 Å². The van der Waals surface area contributed by atoms with E-state index >= 15 is 0 Å². The molecule has 0 unspecified atom stereocenters. The Morgan fingerprint density at radius 3 is 0.885 bits per heavy atom. The number of carbonyl (C=O) groups is 12. The Balaban J connectivity index is 0.000000125. The summed E-state index contributed by atoms with van der Waals surface area (Å²) in [5.74, 6) is -19.4. The lowest BCUT2D eigenvalue weighted by molar-refractivity contribution is -0.149. The minimum absolute atomic E-state index is 0.00400. The van der Waals surface area contributed by atoms with Gasteiger partial charge in [-0.1, -0.05) is 123 Å². The fourth-order valence-corrected chi connectivity index (χ4v) is 19.5. The van der Waals surface area contributed by atoms with Gasteiger partial charge in [0.25, 0.3) is 23.1 Å². The van der Waals surface area contributed by atoms with E-state index < -0.39 is 87.6 Å². The lowest BCUT2D eigenvalue weighted by Crippen LogP contribution is -2.20. The molecule has 4 aliphatic heterocycles. The maximum Gasteiger partial charge on any atom is 0.372 e. The van der Waals surface area contributed by atoms with Crippen molar-refractivity contribution in [3.05, 3.63) is 355 Å². The summed E-state index contributed by atoms with van der Waals surface area (Å²) in [5.41, 5.74) is 13.8. The molecule has 0 spiro atoms. The Labute approximate surface area is 837 Å². The van der Waals surface area contributed by atoms with Crippen LogP contribution in [0.25, 0.3) is 87.2 Å². The average Bonchev–Trinajstić information content (AvgIpc) is 1.58. The smallest absolute Gasteiger partial charge is 0.372 e. The number of hydrogen-bond acceptors (Lipinski definition) is 24. The molecule has 17 aromatic rings. The van der Waals surface area contributed by atoms with E-state index in [1.54, 1.807) is 54.6 Å². The van der Waals surface area contributed by atoms with Crippen LogP contribution in [-0.4, -0.2) is 112 Å². The van der Waals surface area contributed by atoms with E-state index in [0.717, 1.165) is 121 Å². The van der Waals surface area contributed by atoms with Crippen LogP contribution >= 0.6 is 0 Å². The summed E-state index contributed by atoms with van der Waals surface area (Å²) in [6.45, 7) is 22.6. The van der Waals surface area contributed by atoms with Gasteiger partial charge in [0, 0.05) is 127 Å². The number of hydrogen-bond donors (Lipinski definition) is 0. The molecule has 1 aliphatic carbocycles. The summed E-state index contributed by atoms with van der Waals surface area (Å²) in [6, 6.07) is 65.2. The summed E-state index contributed by atoms with van der Waals surface area (Å²) in [5, 5.41) is 19.7. The van der Waals surface area contributed by atoms with Crippen molar-refractivity contribution in [2.75, 3.05) is 0 Å². The molecule has 13 aromatic carbocycles. The highest BCUT2D eigenvalue weighted by Gasteiger charge is 2.41. The van der Waals surface area contributed by atoms with Crippen LogP contribution < -0.4 is 18.9 Å². The van der Waals surface area contributed by atoms with Gasteiger partial charge in [-0.05, 0) is 232 Å². The van der Waals surface area contributed by atoms with Crippen molar-refractivity contribution >= 4 is 181 Å². The number of nitrogens with zero attached hydrogens (tertiary/aromatic N) is 8. The topological polar surface area (TPSA) is 348 Å². The SMILES string of the molecule is C=CC(=O)O/N=C1\Oc2c(ccc3c2c2cc(C(=O)c4ccccc4C)ccc2n3CC)C1=O.CCn1c2ccc(C(=O)c3ccccc3C)cc2c2c3c(ccc21)C(=O)/C(=N/OC(=O)C1CCCCC1)O3.CCn1c2ccc(C(=O)c3ccccc3C)cc2c2c3c(ccc21)C(=O)/C(=N/OC(=O)c1c(F)c(F)c(F)c(F)c1F)O3.CCn1c2ccc(C(=O)c3ccccc3C)cc2c2c3c(ccc21)C(=O)/C(=N/OC(C)=O)O3. The van der Waals surface area contributed by atoms with E-state index in [4.69, 9.17) is 23.8 Å². The first-order valence-electron chi connectivity index (χ1n) is 47.3. The molecule has 33 heteroatoms. The molecule has 5 aliphatic rings. The molecule has 740 valence electrons. The van der Waals surface area contributed by atoms with Gasteiger partial charge in [0.1, 0.15) is 5.56 Å². The van der Waals surface area contributed by atoms with Gasteiger partial charge in [-0.2, -0.15) is 0 Å². The van der Waals surface area contributed by atoms with Crippen LogP contribution in [0.1, 0.15) is 204 Å². The Morgan fingerprint density at radius 1 is 0.345 bits per heavy atom. The van der Waals surface area contributed by atoms with E-state index in [2.05, 4.69) is 55.4 Å².